The zero-order chi connectivity index (χ0) is 24.7. The Labute approximate surface area is 211 Å². The van der Waals surface area contributed by atoms with Gasteiger partial charge < -0.3 is 4.74 Å². The molecule has 3 aromatic carbocycles. The zero-order valence-corrected chi connectivity index (χ0v) is 20.9. The van der Waals surface area contributed by atoms with Crippen LogP contribution in [0.25, 0.3) is 0 Å². The molecule has 0 unspecified atom stereocenters. The predicted molar refractivity (Wildman–Crippen MR) is 135 cm³/mol. The summed E-state index contributed by atoms with van der Waals surface area (Å²) >= 11 is 3.40. The Bertz CT molecular complexity index is 1290. The minimum atomic E-state index is -0.966. The molecular formula is C27H24BrN3O4. The number of halogens is 1. The molecule has 0 saturated carbocycles. The predicted octanol–water partition coefficient (Wildman–Crippen LogP) is 4.42. The number of hydrazine groups is 1. The summed E-state index contributed by atoms with van der Waals surface area (Å²) in [6.45, 7) is 4.38. The molecule has 0 spiro atoms. The molecule has 178 valence electrons. The van der Waals surface area contributed by atoms with E-state index in [1.54, 1.807) is 42.5 Å². The minimum absolute atomic E-state index is 0.341. The average molecular weight is 534 g/mol. The number of carbonyl (C=O) groups is 3. The van der Waals surface area contributed by atoms with Crippen molar-refractivity contribution in [2.45, 2.75) is 25.9 Å². The lowest BCUT2D eigenvalue weighted by Crippen LogP contribution is -2.48. The number of ether oxygens (including phenoxy) is 1. The molecule has 8 heteroatoms. The maximum Gasteiger partial charge on any atom is 0.268 e. The Kier molecular flexibility index (Phi) is 6.17. The van der Waals surface area contributed by atoms with Gasteiger partial charge in [-0.15, -0.1) is 0 Å². The molecule has 0 bridgehead atoms. The Morgan fingerprint density at radius 3 is 2.37 bits per heavy atom. The summed E-state index contributed by atoms with van der Waals surface area (Å²) in [7, 11) is 0. The van der Waals surface area contributed by atoms with E-state index in [0.29, 0.717) is 23.6 Å². The molecule has 3 aromatic rings. The van der Waals surface area contributed by atoms with Gasteiger partial charge in [0, 0.05) is 10.0 Å². The first-order chi connectivity index (χ1) is 16.9. The quantitative estimate of drug-likeness (QED) is 0.491. The number of hydrogen-bond acceptors (Lipinski definition) is 5. The van der Waals surface area contributed by atoms with Gasteiger partial charge in [-0.3, -0.25) is 19.4 Å². The van der Waals surface area contributed by atoms with Gasteiger partial charge in [0.15, 0.2) is 0 Å². The molecule has 2 fully saturated rings. The van der Waals surface area contributed by atoms with E-state index < -0.39 is 23.9 Å². The lowest BCUT2D eigenvalue weighted by atomic mass is 9.90. The van der Waals surface area contributed by atoms with Crippen molar-refractivity contribution >= 4 is 39.3 Å². The number of benzene rings is 3. The van der Waals surface area contributed by atoms with Crippen molar-refractivity contribution in [2.75, 3.05) is 11.5 Å². The average Bonchev–Trinajstić information content (AvgIpc) is 3.37. The fourth-order valence-electron chi connectivity index (χ4n) is 4.70. The molecule has 0 radical (unpaired) electrons. The van der Waals surface area contributed by atoms with Crippen molar-refractivity contribution in [2.24, 2.45) is 5.92 Å². The number of carbonyl (C=O) groups excluding carboxylic acids is 3. The van der Waals surface area contributed by atoms with Crippen LogP contribution in [0, 0.1) is 12.8 Å². The third kappa shape index (κ3) is 4.13. The van der Waals surface area contributed by atoms with Crippen molar-refractivity contribution in [1.29, 1.82) is 0 Å². The molecule has 0 aromatic heterocycles. The third-order valence-corrected chi connectivity index (χ3v) is 6.86. The lowest BCUT2D eigenvalue weighted by Gasteiger charge is -2.25. The maximum absolute atomic E-state index is 13.7. The van der Waals surface area contributed by atoms with Crippen molar-refractivity contribution in [3.05, 3.63) is 94.0 Å². The molecule has 7 nitrogen and oxygen atoms in total. The van der Waals surface area contributed by atoms with Gasteiger partial charge in [0.2, 0.25) is 5.91 Å². The van der Waals surface area contributed by atoms with Gasteiger partial charge in [-0.1, -0.05) is 51.8 Å². The van der Waals surface area contributed by atoms with Gasteiger partial charge in [0.25, 0.3) is 11.8 Å². The van der Waals surface area contributed by atoms with E-state index in [9.17, 15) is 14.4 Å². The van der Waals surface area contributed by atoms with Crippen LogP contribution in [-0.4, -0.2) is 35.4 Å². The number of rotatable bonds is 5. The van der Waals surface area contributed by atoms with Gasteiger partial charge in [-0.25, -0.2) is 10.3 Å². The summed E-state index contributed by atoms with van der Waals surface area (Å²) in [6, 6.07) is 20.1. The highest BCUT2D eigenvalue weighted by molar-refractivity contribution is 9.10. The second-order valence-corrected chi connectivity index (χ2v) is 9.53. The summed E-state index contributed by atoms with van der Waals surface area (Å²) < 4.78 is 6.24. The number of nitrogens with one attached hydrogen (secondary N) is 1. The van der Waals surface area contributed by atoms with Crippen LogP contribution in [0.5, 0.6) is 5.75 Å². The lowest BCUT2D eigenvalue weighted by molar-refractivity contribution is -0.123. The second kappa shape index (κ2) is 9.28. The van der Waals surface area contributed by atoms with Gasteiger partial charge >= 0.3 is 0 Å². The normalized spacial score (nSPS) is 21.4. The van der Waals surface area contributed by atoms with Crippen molar-refractivity contribution < 1.29 is 19.1 Å². The Morgan fingerprint density at radius 2 is 1.71 bits per heavy atom. The smallest absolute Gasteiger partial charge is 0.268 e. The standard InChI is InChI=1S/C27H24BrN3O4/c1-3-35-21-13-11-20(12-14-21)30-26(33)22-23(17-9-7-16(2)8-10-17)29-31(24(22)27(30)34)25(32)18-5-4-6-19(28)15-18/h4-15,22-24,29H,3H2,1-2H3/t22-,23+,24+/m1/s1. The van der Waals surface area contributed by atoms with E-state index in [-0.39, 0.29) is 11.8 Å². The number of amides is 3. The SMILES string of the molecule is CCOc1ccc(N2C(=O)[C@H]3[C@@H](C2=O)N(C(=O)c2cccc(Br)c2)N[C@H]3c2ccc(C)cc2)cc1. The molecule has 2 saturated heterocycles. The summed E-state index contributed by atoms with van der Waals surface area (Å²) in [6.07, 6.45) is 0. The zero-order valence-electron chi connectivity index (χ0n) is 19.3. The van der Waals surface area contributed by atoms with Crippen LogP contribution in [0.1, 0.15) is 34.5 Å². The first-order valence-electron chi connectivity index (χ1n) is 11.4. The highest BCUT2D eigenvalue weighted by Gasteiger charge is 2.60. The van der Waals surface area contributed by atoms with E-state index >= 15 is 0 Å². The summed E-state index contributed by atoms with van der Waals surface area (Å²) in [4.78, 5) is 42.1. The summed E-state index contributed by atoms with van der Waals surface area (Å²) in [5.74, 6) is -1.25. The number of hydrogen-bond donors (Lipinski definition) is 1. The Morgan fingerprint density at radius 1 is 1.00 bits per heavy atom. The highest BCUT2D eigenvalue weighted by atomic mass is 79.9. The maximum atomic E-state index is 13.7. The fourth-order valence-corrected chi connectivity index (χ4v) is 5.10. The first kappa shape index (κ1) is 23.3. The summed E-state index contributed by atoms with van der Waals surface area (Å²) in [5, 5.41) is 1.33. The van der Waals surface area contributed by atoms with Crippen LogP contribution in [0.4, 0.5) is 5.69 Å². The fraction of sp³-hybridized carbons (Fsp3) is 0.222. The molecule has 0 aliphatic carbocycles. The molecule has 2 aliphatic heterocycles. The van der Waals surface area contributed by atoms with Gasteiger partial charge in [0.1, 0.15) is 11.8 Å². The molecule has 3 atom stereocenters. The molecule has 35 heavy (non-hydrogen) atoms. The van der Waals surface area contributed by atoms with E-state index in [2.05, 4.69) is 21.4 Å². The van der Waals surface area contributed by atoms with Crippen molar-refractivity contribution in [3.63, 3.8) is 0 Å². The van der Waals surface area contributed by atoms with Crippen LogP contribution < -0.4 is 15.1 Å². The molecule has 2 heterocycles. The van der Waals surface area contributed by atoms with Gasteiger partial charge in [-0.2, -0.15) is 0 Å². The van der Waals surface area contributed by atoms with Gasteiger partial charge in [-0.05, 0) is 61.9 Å². The van der Waals surface area contributed by atoms with Crippen molar-refractivity contribution in [1.82, 2.24) is 10.4 Å². The van der Waals surface area contributed by atoms with Gasteiger partial charge in [0.05, 0.1) is 24.3 Å². The van der Waals surface area contributed by atoms with E-state index in [1.165, 1.54) is 9.91 Å². The molecule has 2 aliphatic rings. The third-order valence-electron chi connectivity index (χ3n) is 6.37. The largest absolute Gasteiger partial charge is 0.494 e. The van der Waals surface area contributed by atoms with Crippen LogP contribution >= 0.6 is 15.9 Å². The van der Waals surface area contributed by atoms with Crippen molar-refractivity contribution in [3.8, 4) is 5.75 Å². The van der Waals surface area contributed by atoms with E-state index in [1.807, 2.05) is 44.2 Å². The van der Waals surface area contributed by atoms with Crippen LogP contribution in [0.15, 0.2) is 77.3 Å². The van der Waals surface area contributed by atoms with E-state index in [4.69, 9.17) is 4.74 Å². The molecule has 5 rings (SSSR count). The Balaban J connectivity index is 1.54. The number of nitrogens with zero attached hydrogens (tertiary/aromatic N) is 2. The highest BCUT2D eigenvalue weighted by Crippen LogP contribution is 2.42. The van der Waals surface area contributed by atoms with E-state index in [0.717, 1.165) is 15.6 Å². The molecular weight excluding hydrogens is 510 g/mol. The number of fused-ring (bicyclic) bond motifs is 1. The molecule has 3 amide bonds. The monoisotopic (exact) mass is 533 g/mol. The number of anilines is 1. The second-order valence-electron chi connectivity index (χ2n) is 8.61. The first-order valence-corrected chi connectivity index (χ1v) is 12.2. The number of imide groups is 1. The Hall–Kier alpha value is -3.49. The van der Waals surface area contributed by atoms with Crippen LogP contribution in [0.2, 0.25) is 0 Å². The minimum Gasteiger partial charge on any atom is -0.494 e. The summed E-state index contributed by atoms with van der Waals surface area (Å²) in [5.41, 5.74) is 5.97. The number of aryl methyl sites for hydroxylation is 1. The molecule has 1 N–H and O–H groups in total. The topological polar surface area (TPSA) is 79.0 Å². The van der Waals surface area contributed by atoms with Crippen LogP contribution in [0.3, 0.4) is 0 Å². The van der Waals surface area contributed by atoms with Crippen LogP contribution in [-0.2, 0) is 9.59 Å².